The molecule has 30 heavy (non-hydrogen) atoms. The third-order valence-electron chi connectivity index (χ3n) is 4.84. The topological polar surface area (TPSA) is 49.4 Å². The second kappa shape index (κ2) is 8.22. The molecule has 0 aliphatic carbocycles. The molecule has 1 aliphatic heterocycles. The number of carbonyl (C=O) groups excluding carboxylic acids is 2. The Bertz CT molecular complexity index is 1200. The van der Waals surface area contributed by atoms with E-state index in [1.165, 1.54) is 4.90 Å². The van der Waals surface area contributed by atoms with E-state index >= 15 is 0 Å². The Labute approximate surface area is 184 Å². The van der Waals surface area contributed by atoms with Crippen LogP contribution in [0.1, 0.15) is 11.1 Å². The number of carbonyl (C=O) groups is 2. The summed E-state index contributed by atoms with van der Waals surface area (Å²) in [5.41, 5.74) is 4.55. The highest BCUT2D eigenvalue weighted by Crippen LogP contribution is 2.27. The molecule has 1 N–H and O–H groups in total. The van der Waals surface area contributed by atoms with Gasteiger partial charge in [0.2, 0.25) is 0 Å². The fourth-order valence-electron chi connectivity index (χ4n) is 3.34. The summed E-state index contributed by atoms with van der Waals surface area (Å²) in [4.78, 5) is 26.9. The van der Waals surface area contributed by atoms with Crippen molar-refractivity contribution in [3.63, 3.8) is 0 Å². The molecule has 148 valence electrons. The molecule has 0 spiro atoms. The predicted octanol–water partition coefficient (Wildman–Crippen LogP) is 5.15. The minimum Gasteiger partial charge on any atom is -0.298 e. The van der Waals surface area contributed by atoms with Gasteiger partial charge in [-0.15, -0.1) is 0 Å². The first-order valence-corrected chi connectivity index (χ1v) is 10.1. The van der Waals surface area contributed by atoms with Crippen LogP contribution in [0.25, 0.3) is 17.2 Å². The van der Waals surface area contributed by atoms with E-state index in [1.54, 1.807) is 30.3 Å². The monoisotopic (exact) mass is 432 g/mol. The SMILES string of the molecule is Cc1ccccc1-c1cccc(/C=C2/C(=O)NC(=S)N(c3ccc(Cl)cc3)C2=O)c1. The fourth-order valence-corrected chi connectivity index (χ4v) is 3.75. The molecule has 0 saturated carbocycles. The largest absolute Gasteiger partial charge is 0.298 e. The summed E-state index contributed by atoms with van der Waals surface area (Å²) in [5, 5.41) is 3.18. The maximum atomic E-state index is 13.1. The molecule has 0 bridgehead atoms. The Morgan fingerprint density at radius 3 is 2.43 bits per heavy atom. The average molecular weight is 433 g/mol. The van der Waals surface area contributed by atoms with E-state index in [-0.39, 0.29) is 10.7 Å². The number of hydrogen-bond acceptors (Lipinski definition) is 3. The van der Waals surface area contributed by atoms with Gasteiger partial charge in [-0.3, -0.25) is 19.8 Å². The highest BCUT2D eigenvalue weighted by Gasteiger charge is 2.34. The summed E-state index contributed by atoms with van der Waals surface area (Å²) in [7, 11) is 0. The smallest absolute Gasteiger partial charge is 0.270 e. The summed E-state index contributed by atoms with van der Waals surface area (Å²) >= 11 is 11.2. The quantitative estimate of drug-likeness (QED) is 0.354. The van der Waals surface area contributed by atoms with E-state index < -0.39 is 11.8 Å². The van der Waals surface area contributed by atoms with Crippen molar-refractivity contribution in [2.45, 2.75) is 6.92 Å². The van der Waals surface area contributed by atoms with Gasteiger partial charge in [0.25, 0.3) is 11.8 Å². The summed E-state index contributed by atoms with van der Waals surface area (Å²) < 4.78 is 0. The zero-order chi connectivity index (χ0) is 21.3. The van der Waals surface area contributed by atoms with E-state index in [0.717, 1.165) is 22.3 Å². The molecule has 1 saturated heterocycles. The normalized spacial score (nSPS) is 15.5. The van der Waals surface area contributed by atoms with Crippen molar-refractivity contribution in [2.75, 3.05) is 4.90 Å². The number of benzene rings is 3. The summed E-state index contributed by atoms with van der Waals surface area (Å²) in [6.45, 7) is 2.05. The second-order valence-corrected chi connectivity index (χ2v) is 7.70. The minimum atomic E-state index is -0.517. The van der Waals surface area contributed by atoms with Crippen LogP contribution >= 0.6 is 23.8 Å². The lowest BCUT2D eigenvalue weighted by Crippen LogP contribution is -2.54. The van der Waals surface area contributed by atoms with Crippen molar-refractivity contribution in [2.24, 2.45) is 0 Å². The Morgan fingerprint density at radius 2 is 1.70 bits per heavy atom. The van der Waals surface area contributed by atoms with Gasteiger partial charge in [-0.2, -0.15) is 0 Å². The first-order chi connectivity index (χ1) is 14.4. The van der Waals surface area contributed by atoms with Crippen LogP contribution in [-0.2, 0) is 9.59 Å². The van der Waals surface area contributed by atoms with Gasteiger partial charge in [0.15, 0.2) is 5.11 Å². The highest BCUT2D eigenvalue weighted by atomic mass is 35.5. The zero-order valence-corrected chi connectivity index (χ0v) is 17.6. The summed E-state index contributed by atoms with van der Waals surface area (Å²) in [5.74, 6) is -0.996. The molecule has 3 aromatic rings. The summed E-state index contributed by atoms with van der Waals surface area (Å²) in [6, 6.07) is 22.5. The molecule has 3 aromatic carbocycles. The van der Waals surface area contributed by atoms with E-state index in [0.29, 0.717) is 10.7 Å². The number of aryl methyl sites for hydroxylation is 1. The molecular formula is C24H17ClN2O2S. The lowest BCUT2D eigenvalue weighted by atomic mass is 9.98. The number of hydrogen-bond donors (Lipinski definition) is 1. The van der Waals surface area contributed by atoms with E-state index in [2.05, 4.69) is 5.32 Å². The molecule has 0 unspecified atom stereocenters. The van der Waals surface area contributed by atoms with Crippen molar-refractivity contribution in [1.82, 2.24) is 5.32 Å². The second-order valence-electron chi connectivity index (χ2n) is 6.87. The van der Waals surface area contributed by atoms with Gasteiger partial charge in [-0.25, -0.2) is 0 Å². The lowest BCUT2D eigenvalue weighted by Gasteiger charge is -2.29. The van der Waals surface area contributed by atoms with Gasteiger partial charge in [-0.05, 0) is 77.8 Å². The molecule has 4 rings (SSSR count). The van der Waals surface area contributed by atoms with Crippen molar-refractivity contribution < 1.29 is 9.59 Å². The maximum Gasteiger partial charge on any atom is 0.270 e. The third-order valence-corrected chi connectivity index (χ3v) is 5.38. The molecule has 0 aromatic heterocycles. The van der Waals surface area contributed by atoms with Crippen molar-refractivity contribution in [3.8, 4) is 11.1 Å². The zero-order valence-electron chi connectivity index (χ0n) is 16.1. The lowest BCUT2D eigenvalue weighted by molar-refractivity contribution is -0.122. The first kappa shape index (κ1) is 20.0. The number of nitrogens with zero attached hydrogens (tertiary/aromatic N) is 1. The average Bonchev–Trinajstić information content (AvgIpc) is 2.73. The van der Waals surface area contributed by atoms with Gasteiger partial charge in [-0.1, -0.05) is 54.1 Å². The molecule has 0 radical (unpaired) electrons. The van der Waals surface area contributed by atoms with Crippen LogP contribution in [0.15, 0.2) is 78.4 Å². The molecule has 0 atom stereocenters. The van der Waals surface area contributed by atoms with Crippen molar-refractivity contribution >= 4 is 52.5 Å². The van der Waals surface area contributed by atoms with E-state index in [1.807, 2.05) is 55.5 Å². The van der Waals surface area contributed by atoms with Crippen LogP contribution < -0.4 is 10.2 Å². The Morgan fingerprint density at radius 1 is 0.967 bits per heavy atom. The highest BCUT2D eigenvalue weighted by molar-refractivity contribution is 7.80. The molecule has 2 amide bonds. The Kier molecular flexibility index (Phi) is 5.48. The molecule has 1 aliphatic rings. The third kappa shape index (κ3) is 3.90. The molecule has 4 nitrogen and oxygen atoms in total. The number of nitrogens with one attached hydrogen (secondary N) is 1. The van der Waals surface area contributed by atoms with Crippen LogP contribution in [-0.4, -0.2) is 16.9 Å². The summed E-state index contributed by atoms with van der Waals surface area (Å²) in [6.07, 6.45) is 1.59. The van der Waals surface area contributed by atoms with Crippen molar-refractivity contribution in [3.05, 3.63) is 94.5 Å². The van der Waals surface area contributed by atoms with Crippen LogP contribution in [0.2, 0.25) is 5.02 Å². The van der Waals surface area contributed by atoms with Crippen LogP contribution in [0.4, 0.5) is 5.69 Å². The number of thiocarbonyl (C=S) groups is 1. The molecule has 1 heterocycles. The minimum absolute atomic E-state index is 0.0143. The molecule has 6 heteroatoms. The van der Waals surface area contributed by atoms with Crippen LogP contribution in [0, 0.1) is 6.92 Å². The fraction of sp³-hybridized carbons (Fsp3) is 0.0417. The van der Waals surface area contributed by atoms with Crippen molar-refractivity contribution in [1.29, 1.82) is 0 Å². The van der Waals surface area contributed by atoms with Gasteiger partial charge >= 0.3 is 0 Å². The molecular weight excluding hydrogens is 416 g/mol. The standard InChI is InChI=1S/C24H17ClN2O2S/c1-15-5-2-3-8-20(15)17-7-4-6-16(13-17)14-21-22(28)26-24(30)27(23(21)29)19-11-9-18(25)10-12-19/h2-14H,1H3,(H,26,28,30)/b21-14-. The first-order valence-electron chi connectivity index (χ1n) is 9.27. The predicted molar refractivity (Wildman–Crippen MR) is 124 cm³/mol. The van der Waals surface area contributed by atoms with Gasteiger partial charge in [0.05, 0.1) is 5.69 Å². The number of rotatable bonds is 3. The van der Waals surface area contributed by atoms with Crippen LogP contribution in [0.3, 0.4) is 0 Å². The Hall–Kier alpha value is -3.28. The van der Waals surface area contributed by atoms with Gasteiger partial charge < -0.3 is 0 Å². The van der Waals surface area contributed by atoms with E-state index in [4.69, 9.17) is 23.8 Å². The van der Waals surface area contributed by atoms with Gasteiger partial charge in [0, 0.05) is 5.02 Å². The van der Waals surface area contributed by atoms with Crippen LogP contribution in [0.5, 0.6) is 0 Å². The number of anilines is 1. The van der Waals surface area contributed by atoms with Gasteiger partial charge in [0.1, 0.15) is 5.57 Å². The van der Waals surface area contributed by atoms with E-state index in [9.17, 15) is 9.59 Å². The molecule has 1 fully saturated rings. The Balaban J connectivity index is 1.72. The maximum absolute atomic E-state index is 13.1. The number of amides is 2. The number of halogens is 1.